The fraction of sp³-hybridized carbons (Fsp3) is 0.500. The first kappa shape index (κ1) is 22.1. The van der Waals surface area contributed by atoms with E-state index in [2.05, 4.69) is 22.1 Å². The number of aliphatic carboxylic acids is 1. The van der Waals surface area contributed by atoms with Crippen LogP contribution in [0, 0.1) is 0 Å². The van der Waals surface area contributed by atoms with Gasteiger partial charge in [0.25, 0.3) is 0 Å². The van der Waals surface area contributed by atoms with Crippen LogP contribution in [0.4, 0.5) is 0 Å². The van der Waals surface area contributed by atoms with Gasteiger partial charge in [0.2, 0.25) is 5.88 Å². The molecule has 1 saturated heterocycles. The third kappa shape index (κ3) is 4.73. The zero-order valence-electron chi connectivity index (χ0n) is 18.3. The van der Waals surface area contributed by atoms with E-state index >= 15 is 0 Å². The molecule has 0 unspecified atom stereocenters. The monoisotopic (exact) mass is 442 g/mol. The minimum absolute atomic E-state index is 0.364. The van der Waals surface area contributed by atoms with Gasteiger partial charge in [-0.3, -0.25) is 0 Å². The number of ether oxygens (including phenoxy) is 1. The van der Waals surface area contributed by atoms with E-state index < -0.39 is 12.6 Å². The second kappa shape index (κ2) is 8.45. The first-order valence-corrected chi connectivity index (χ1v) is 11.4. The Labute approximate surface area is 187 Å². The molecule has 31 heavy (non-hydrogen) atoms. The zero-order chi connectivity index (χ0) is 22.2. The van der Waals surface area contributed by atoms with Crippen LogP contribution >= 0.6 is 11.8 Å². The van der Waals surface area contributed by atoms with Crippen molar-refractivity contribution >= 4 is 30.3 Å². The number of hydrogen-bond donors (Lipinski definition) is 1. The molecule has 0 atom stereocenters. The van der Waals surface area contributed by atoms with Crippen LogP contribution in [-0.2, 0) is 32.7 Å². The summed E-state index contributed by atoms with van der Waals surface area (Å²) < 4.78 is 17.6. The first-order valence-electron chi connectivity index (χ1n) is 10.5. The summed E-state index contributed by atoms with van der Waals surface area (Å²) in [5.74, 6) is 0.0889. The largest absolute Gasteiger partial charge is 0.494 e. The number of thioether (sulfide) groups is 1. The van der Waals surface area contributed by atoms with Crippen molar-refractivity contribution in [2.75, 3.05) is 6.61 Å². The van der Waals surface area contributed by atoms with E-state index in [4.69, 9.17) is 19.2 Å². The Balaban J connectivity index is 1.42. The maximum Gasteiger partial charge on any atom is 0.494 e. The molecule has 1 aliphatic heterocycles. The van der Waals surface area contributed by atoms with Gasteiger partial charge in [-0.1, -0.05) is 36.0 Å². The lowest BCUT2D eigenvalue weighted by atomic mass is 9.79. The molecule has 1 aromatic carbocycles. The molecule has 2 aromatic rings. The highest BCUT2D eigenvalue weighted by Gasteiger charge is 2.51. The van der Waals surface area contributed by atoms with E-state index in [9.17, 15) is 4.79 Å². The van der Waals surface area contributed by atoms with Crippen molar-refractivity contribution in [3.63, 3.8) is 0 Å². The van der Waals surface area contributed by atoms with Crippen molar-refractivity contribution in [3.8, 4) is 5.88 Å². The molecule has 1 aromatic heterocycles. The lowest BCUT2D eigenvalue weighted by Gasteiger charge is -2.32. The highest BCUT2D eigenvalue weighted by molar-refractivity contribution is 7.98. The average Bonchev–Trinajstić information content (AvgIpc) is 3.26. The molecule has 0 saturated carbocycles. The molecular formula is C22H27BN2O5S. The summed E-state index contributed by atoms with van der Waals surface area (Å²) in [5.41, 5.74) is 3.30. The van der Waals surface area contributed by atoms with Gasteiger partial charge < -0.3 is 19.2 Å². The van der Waals surface area contributed by atoms with Crippen LogP contribution in [0.15, 0.2) is 29.4 Å². The normalized spacial score (nSPS) is 18.8. The Hall–Kier alpha value is -2.10. The molecule has 0 amide bonds. The predicted octanol–water partition coefficient (Wildman–Crippen LogP) is 3.02. The molecule has 1 fully saturated rings. The number of aryl methyl sites for hydroxylation is 1. The van der Waals surface area contributed by atoms with Crippen LogP contribution < -0.4 is 10.2 Å². The Morgan fingerprint density at radius 1 is 1.13 bits per heavy atom. The molecule has 164 valence electrons. The van der Waals surface area contributed by atoms with Crippen LogP contribution in [0.25, 0.3) is 0 Å². The smallest absolute Gasteiger partial charge is 0.479 e. The second-order valence-electron chi connectivity index (χ2n) is 8.89. The van der Waals surface area contributed by atoms with Gasteiger partial charge in [0.1, 0.15) is 0 Å². The Kier molecular flexibility index (Phi) is 6.02. The third-order valence-corrected chi connectivity index (χ3v) is 7.00. The van der Waals surface area contributed by atoms with Gasteiger partial charge in [0.15, 0.2) is 11.8 Å². The molecule has 2 aliphatic rings. The van der Waals surface area contributed by atoms with Crippen molar-refractivity contribution in [1.29, 1.82) is 0 Å². The van der Waals surface area contributed by atoms with Crippen LogP contribution in [0.5, 0.6) is 5.88 Å². The van der Waals surface area contributed by atoms with Crippen molar-refractivity contribution < 1.29 is 23.9 Å². The molecule has 1 N–H and O–H groups in total. The summed E-state index contributed by atoms with van der Waals surface area (Å²) >= 11 is 1.51. The van der Waals surface area contributed by atoms with Gasteiger partial charge in [-0.25, -0.2) is 9.78 Å². The zero-order valence-corrected chi connectivity index (χ0v) is 19.1. The molecule has 0 radical (unpaired) electrons. The number of carboxylic acid groups (broad SMARTS) is 1. The van der Waals surface area contributed by atoms with Crippen LogP contribution in [0.3, 0.4) is 0 Å². The summed E-state index contributed by atoms with van der Waals surface area (Å²) in [5, 5.41) is 9.52. The van der Waals surface area contributed by atoms with E-state index in [0.29, 0.717) is 16.8 Å². The molecule has 4 rings (SSSR count). The first-order chi connectivity index (χ1) is 14.6. The molecule has 2 heterocycles. The topological polar surface area (TPSA) is 90.8 Å². The number of carboxylic acids is 1. The summed E-state index contributed by atoms with van der Waals surface area (Å²) in [6, 6.07) is 8.18. The molecule has 0 spiro atoms. The van der Waals surface area contributed by atoms with E-state index in [1.807, 2.05) is 39.8 Å². The quantitative estimate of drug-likeness (QED) is 0.398. The van der Waals surface area contributed by atoms with Gasteiger partial charge in [0.05, 0.1) is 16.9 Å². The van der Waals surface area contributed by atoms with E-state index in [-0.39, 0.29) is 18.3 Å². The van der Waals surface area contributed by atoms with Gasteiger partial charge in [-0.2, -0.15) is 4.98 Å². The second-order valence-corrected chi connectivity index (χ2v) is 9.83. The van der Waals surface area contributed by atoms with E-state index in [0.717, 1.165) is 41.5 Å². The SMILES string of the molecule is CC1(C)OB(c2ccc(CSc3nc4c(c(OCC(=O)O)n3)CCC4)cc2)OC1(C)C. The minimum atomic E-state index is -1.01. The number of carbonyl (C=O) groups is 1. The summed E-state index contributed by atoms with van der Waals surface area (Å²) in [6.45, 7) is 7.78. The van der Waals surface area contributed by atoms with E-state index in [1.165, 1.54) is 11.8 Å². The molecule has 1 aliphatic carbocycles. The van der Waals surface area contributed by atoms with Crippen molar-refractivity contribution in [2.45, 2.75) is 69.1 Å². The number of benzene rings is 1. The maximum absolute atomic E-state index is 10.9. The van der Waals surface area contributed by atoms with Crippen molar-refractivity contribution in [3.05, 3.63) is 41.1 Å². The number of aromatic nitrogens is 2. The van der Waals surface area contributed by atoms with Crippen LogP contribution in [0.2, 0.25) is 0 Å². The highest BCUT2D eigenvalue weighted by atomic mass is 32.2. The number of nitrogens with zero attached hydrogens (tertiary/aromatic N) is 2. The Morgan fingerprint density at radius 2 is 1.81 bits per heavy atom. The van der Waals surface area contributed by atoms with Crippen LogP contribution in [0.1, 0.15) is 50.9 Å². The average molecular weight is 442 g/mol. The fourth-order valence-electron chi connectivity index (χ4n) is 3.59. The molecule has 0 bridgehead atoms. The molecule has 9 heteroatoms. The highest BCUT2D eigenvalue weighted by Crippen LogP contribution is 2.36. The maximum atomic E-state index is 10.9. The predicted molar refractivity (Wildman–Crippen MR) is 119 cm³/mol. The number of rotatable bonds is 7. The van der Waals surface area contributed by atoms with Crippen molar-refractivity contribution in [1.82, 2.24) is 9.97 Å². The lowest BCUT2D eigenvalue weighted by molar-refractivity contribution is -0.139. The third-order valence-electron chi connectivity index (χ3n) is 6.08. The Bertz CT molecular complexity index is 965. The molecule has 7 nitrogen and oxygen atoms in total. The minimum Gasteiger partial charge on any atom is -0.479 e. The summed E-state index contributed by atoms with van der Waals surface area (Å²) in [6.07, 6.45) is 2.69. The van der Waals surface area contributed by atoms with Gasteiger partial charge in [-0.15, -0.1) is 0 Å². The van der Waals surface area contributed by atoms with Gasteiger partial charge >= 0.3 is 13.1 Å². The van der Waals surface area contributed by atoms with Gasteiger partial charge in [-0.05, 0) is 58.0 Å². The molecular weight excluding hydrogens is 415 g/mol. The number of hydrogen-bond acceptors (Lipinski definition) is 7. The fourth-order valence-corrected chi connectivity index (χ4v) is 4.40. The standard InChI is InChI=1S/C22H27BN2O5S/c1-21(2)22(3,4)30-23(29-21)15-10-8-14(9-11-15)13-31-20-24-17-7-5-6-16(17)19(25-20)28-12-18(26)27/h8-11H,5-7,12-13H2,1-4H3,(H,26,27). The summed E-state index contributed by atoms with van der Waals surface area (Å²) in [7, 11) is -0.374. The van der Waals surface area contributed by atoms with E-state index in [1.54, 1.807) is 0 Å². The number of fused-ring (bicyclic) bond motifs is 1. The Morgan fingerprint density at radius 3 is 2.45 bits per heavy atom. The lowest BCUT2D eigenvalue weighted by Crippen LogP contribution is -2.41. The van der Waals surface area contributed by atoms with Crippen molar-refractivity contribution in [2.24, 2.45) is 0 Å². The van der Waals surface area contributed by atoms with Gasteiger partial charge in [0, 0.05) is 11.3 Å². The summed E-state index contributed by atoms with van der Waals surface area (Å²) in [4.78, 5) is 20.0. The van der Waals surface area contributed by atoms with Crippen LogP contribution in [-0.4, -0.2) is 46.0 Å².